The first-order valence-corrected chi connectivity index (χ1v) is 8.62. The van der Waals surface area contributed by atoms with Crippen LogP contribution in [0, 0.1) is 0 Å². The fraction of sp³-hybridized carbons (Fsp3) is 0.579. The van der Waals surface area contributed by atoms with Crippen molar-refractivity contribution in [2.24, 2.45) is 0 Å². The molecule has 0 aliphatic rings. The Morgan fingerprint density at radius 1 is 1.12 bits per heavy atom. The van der Waals surface area contributed by atoms with Gasteiger partial charge in [-0.1, -0.05) is 26.0 Å². The minimum Gasteiger partial charge on any atom is -0.490 e. The Morgan fingerprint density at radius 2 is 1.68 bits per heavy atom. The van der Waals surface area contributed by atoms with Crippen molar-refractivity contribution in [1.29, 1.82) is 0 Å². The average molecular weight is 351 g/mol. The summed E-state index contributed by atoms with van der Waals surface area (Å²) in [6, 6.07) is 6.20. The molecule has 6 nitrogen and oxygen atoms in total. The average Bonchev–Trinajstić information content (AvgIpc) is 2.51. The topological polar surface area (TPSA) is 84.9 Å². The Labute approximate surface area is 149 Å². The van der Waals surface area contributed by atoms with Crippen LogP contribution >= 0.6 is 0 Å². The lowest BCUT2D eigenvalue weighted by atomic mass is 10.1. The number of aliphatic carboxylic acids is 1. The Hall–Kier alpha value is -2.24. The van der Waals surface area contributed by atoms with E-state index in [2.05, 4.69) is 19.2 Å². The van der Waals surface area contributed by atoms with Crippen LogP contribution in [-0.2, 0) is 16.0 Å². The highest BCUT2D eigenvalue weighted by atomic mass is 16.6. The van der Waals surface area contributed by atoms with E-state index < -0.39 is 23.7 Å². The van der Waals surface area contributed by atoms with Crippen LogP contribution in [0.1, 0.15) is 53.0 Å². The lowest BCUT2D eigenvalue weighted by Gasteiger charge is -2.22. The molecule has 2 N–H and O–H groups in total. The summed E-state index contributed by atoms with van der Waals surface area (Å²) >= 11 is 0. The third-order valence-electron chi connectivity index (χ3n) is 3.57. The van der Waals surface area contributed by atoms with E-state index in [9.17, 15) is 14.7 Å². The summed E-state index contributed by atoms with van der Waals surface area (Å²) in [5, 5.41) is 11.7. The lowest BCUT2D eigenvalue weighted by Crippen LogP contribution is -2.44. The molecule has 1 amide bonds. The van der Waals surface area contributed by atoms with Crippen molar-refractivity contribution in [3.05, 3.63) is 29.8 Å². The molecule has 0 aromatic heterocycles. The summed E-state index contributed by atoms with van der Waals surface area (Å²) in [5.41, 5.74) is 0.113. The van der Waals surface area contributed by atoms with E-state index in [4.69, 9.17) is 9.47 Å². The fourth-order valence-corrected chi connectivity index (χ4v) is 2.24. The number of carboxylic acids is 1. The number of rotatable bonds is 8. The highest BCUT2D eigenvalue weighted by molar-refractivity contribution is 5.80. The van der Waals surface area contributed by atoms with Gasteiger partial charge in [0.25, 0.3) is 0 Å². The van der Waals surface area contributed by atoms with Crippen LogP contribution in [0.15, 0.2) is 24.3 Å². The van der Waals surface area contributed by atoms with Gasteiger partial charge in [-0.2, -0.15) is 0 Å². The molecule has 0 bridgehead atoms. The second-order valence-corrected chi connectivity index (χ2v) is 6.94. The summed E-state index contributed by atoms with van der Waals surface area (Å²) in [5.74, 6) is -0.354. The van der Waals surface area contributed by atoms with Crippen molar-refractivity contribution >= 4 is 12.1 Å². The van der Waals surface area contributed by atoms with Crippen LogP contribution in [-0.4, -0.2) is 34.9 Å². The van der Waals surface area contributed by atoms with Crippen LogP contribution in [0.25, 0.3) is 0 Å². The number of carbonyl (C=O) groups is 2. The number of alkyl carbamates (subject to hydrolysis) is 1. The lowest BCUT2D eigenvalue weighted by molar-refractivity contribution is -0.139. The third-order valence-corrected chi connectivity index (χ3v) is 3.57. The molecule has 0 aliphatic heterocycles. The molecule has 1 atom stereocenters. The monoisotopic (exact) mass is 351 g/mol. The number of carbonyl (C=O) groups excluding carboxylic acids is 1. The first-order valence-electron chi connectivity index (χ1n) is 8.62. The second-order valence-electron chi connectivity index (χ2n) is 6.94. The van der Waals surface area contributed by atoms with Crippen molar-refractivity contribution in [3.8, 4) is 5.75 Å². The van der Waals surface area contributed by atoms with Crippen molar-refractivity contribution < 1.29 is 24.2 Å². The third kappa shape index (κ3) is 7.92. The number of ether oxygens (including phenoxy) is 2. The Morgan fingerprint density at radius 3 is 2.12 bits per heavy atom. The number of carboxylic acid groups (broad SMARTS) is 1. The number of benzene rings is 1. The van der Waals surface area contributed by atoms with Crippen molar-refractivity contribution in [1.82, 2.24) is 5.32 Å². The predicted octanol–water partition coefficient (Wildman–Crippen LogP) is 3.77. The molecule has 0 aliphatic carbocycles. The van der Waals surface area contributed by atoms with E-state index >= 15 is 0 Å². The second kappa shape index (κ2) is 9.30. The molecular formula is C19H29NO5. The zero-order valence-corrected chi connectivity index (χ0v) is 15.7. The van der Waals surface area contributed by atoms with Gasteiger partial charge in [0.15, 0.2) is 0 Å². The van der Waals surface area contributed by atoms with Crippen LogP contribution in [0.3, 0.4) is 0 Å². The van der Waals surface area contributed by atoms with E-state index in [1.807, 2.05) is 24.3 Å². The van der Waals surface area contributed by atoms with Gasteiger partial charge in [0, 0.05) is 6.42 Å². The van der Waals surface area contributed by atoms with Gasteiger partial charge in [0.2, 0.25) is 0 Å². The minimum absolute atomic E-state index is 0.167. The van der Waals surface area contributed by atoms with E-state index in [0.29, 0.717) is 0 Å². The number of nitrogens with one attached hydrogen (secondary N) is 1. The quantitative estimate of drug-likeness (QED) is 0.744. The molecule has 25 heavy (non-hydrogen) atoms. The SMILES string of the molecule is CCC(CC)Oc1ccc(C[C@H](NC(=O)OC(C)(C)C)C(=O)O)cc1. The van der Waals surface area contributed by atoms with Crippen molar-refractivity contribution in [2.45, 2.75) is 71.6 Å². The van der Waals surface area contributed by atoms with Gasteiger partial charge in [0.05, 0.1) is 6.10 Å². The van der Waals surface area contributed by atoms with Gasteiger partial charge >= 0.3 is 12.1 Å². The van der Waals surface area contributed by atoms with Crippen molar-refractivity contribution in [2.75, 3.05) is 0 Å². The number of hydrogen-bond donors (Lipinski definition) is 2. The molecular weight excluding hydrogens is 322 g/mol. The van der Waals surface area contributed by atoms with Gasteiger partial charge < -0.3 is 19.9 Å². The minimum atomic E-state index is -1.11. The zero-order valence-electron chi connectivity index (χ0n) is 15.7. The summed E-state index contributed by atoms with van der Waals surface area (Å²) in [6.45, 7) is 9.31. The smallest absolute Gasteiger partial charge is 0.408 e. The van der Waals surface area contributed by atoms with Crippen molar-refractivity contribution in [3.63, 3.8) is 0 Å². The molecule has 0 spiro atoms. The van der Waals surface area contributed by atoms with Gasteiger partial charge in [-0.15, -0.1) is 0 Å². The fourth-order valence-electron chi connectivity index (χ4n) is 2.24. The molecule has 0 saturated carbocycles. The summed E-state index contributed by atoms with van der Waals surface area (Å²) in [6.07, 6.45) is 1.46. The maximum absolute atomic E-state index is 11.8. The Kier molecular flexibility index (Phi) is 7.74. The molecule has 1 aromatic carbocycles. The van der Waals surface area contributed by atoms with Gasteiger partial charge in [-0.05, 0) is 51.3 Å². The standard InChI is InChI=1S/C19H29NO5/c1-6-14(7-2)24-15-10-8-13(9-11-15)12-16(17(21)22)20-18(23)25-19(3,4)5/h8-11,14,16H,6-7,12H2,1-5H3,(H,20,23)(H,21,22)/t16-/m0/s1. The van der Waals surface area contributed by atoms with Crippen LogP contribution in [0.2, 0.25) is 0 Å². The summed E-state index contributed by atoms with van der Waals surface area (Å²) in [7, 11) is 0. The summed E-state index contributed by atoms with van der Waals surface area (Å²) in [4.78, 5) is 23.2. The molecule has 1 aromatic rings. The molecule has 140 valence electrons. The molecule has 1 rings (SSSR count). The largest absolute Gasteiger partial charge is 0.490 e. The van der Waals surface area contributed by atoms with Gasteiger partial charge in [-0.3, -0.25) is 0 Å². The Bertz CT molecular complexity index is 558. The van der Waals surface area contributed by atoms with Crippen LogP contribution in [0.4, 0.5) is 4.79 Å². The highest BCUT2D eigenvalue weighted by Gasteiger charge is 2.24. The van der Waals surface area contributed by atoms with E-state index in [-0.39, 0.29) is 12.5 Å². The molecule has 0 unspecified atom stereocenters. The Balaban J connectivity index is 2.69. The van der Waals surface area contributed by atoms with E-state index in [1.165, 1.54) is 0 Å². The predicted molar refractivity (Wildman–Crippen MR) is 95.9 cm³/mol. The first kappa shape index (κ1) is 20.8. The van der Waals surface area contributed by atoms with E-state index in [1.54, 1.807) is 20.8 Å². The number of hydrogen-bond acceptors (Lipinski definition) is 4. The van der Waals surface area contributed by atoms with E-state index in [0.717, 1.165) is 24.2 Å². The number of amides is 1. The van der Waals surface area contributed by atoms with Crippen LogP contribution < -0.4 is 10.1 Å². The van der Waals surface area contributed by atoms with Gasteiger partial charge in [-0.25, -0.2) is 9.59 Å². The summed E-state index contributed by atoms with van der Waals surface area (Å²) < 4.78 is 10.9. The van der Waals surface area contributed by atoms with Crippen LogP contribution in [0.5, 0.6) is 5.75 Å². The highest BCUT2D eigenvalue weighted by Crippen LogP contribution is 2.17. The molecule has 0 radical (unpaired) electrons. The molecule has 6 heteroatoms. The molecule has 0 heterocycles. The zero-order chi connectivity index (χ0) is 19.0. The molecule has 0 fully saturated rings. The van der Waals surface area contributed by atoms with Gasteiger partial charge in [0.1, 0.15) is 17.4 Å². The first-order chi connectivity index (χ1) is 11.6. The molecule has 0 saturated heterocycles. The maximum atomic E-state index is 11.8. The normalized spacial score (nSPS) is 12.6. The maximum Gasteiger partial charge on any atom is 0.408 e.